The van der Waals surface area contributed by atoms with Crippen molar-refractivity contribution in [1.82, 2.24) is 0 Å². The number of Topliss-reactive ketones (excluding diaryl/α,β-unsaturated/α-hetero) is 1. The first-order valence-electron chi connectivity index (χ1n) is 4.59. The highest BCUT2D eigenvalue weighted by Gasteiger charge is 2.17. The summed E-state index contributed by atoms with van der Waals surface area (Å²) in [7, 11) is 1.28. The number of nitrogens with two attached hydrogens (primary N) is 1. The van der Waals surface area contributed by atoms with Gasteiger partial charge in [0.15, 0.2) is 0 Å². The summed E-state index contributed by atoms with van der Waals surface area (Å²) < 4.78 is 4.59. The number of benzene rings is 1. The van der Waals surface area contributed by atoms with Crippen LogP contribution < -0.4 is 5.73 Å². The molecule has 1 unspecified atom stereocenters. The van der Waals surface area contributed by atoms with Crippen molar-refractivity contribution in [2.75, 3.05) is 12.8 Å². The molecule has 5 heteroatoms. The second-order valence-electron chi connectivity index (χ2n) is 3.31. The molecule has 0 aliphatic heterocycles. The summed E-state index contributed by atoms with van der Waals surface area (Å²) in [6, 6.07) is 4.84. The van der Waals surface area contributed by atoms with Gasteiger partial charge in [-0.05, 0) is 24.6 Å². The van der Waals surface area contributed by atoms with E-state index in [2.05, 4.69) is 20.7 Å². The van der Waals surface area contributed by atoms with Crippen LogP contribution in [0.4, 0.5) is 5.69 Å². The highest BCUT2D eigenvalue weighted by Crippen LogP contribution is 2.26. The molecule has 4 nitrogen and oxygen atoms in total. The second kappa shape index (κ2) is 5.12. The minimum Gasteiger partial charge on any atom is -0.465 e. The van der Waals surface area contributed by atoms with E-state index in [4.69, 9.17) is 5.73 Å². The highest BCUT2D eigenvalue weighted by molar-refractivity contribution is 9.09. The number of halogens is 1. The molecule has 0 heterocycles. The lowest BCUT2D eigenvalue weighted by Crippen LogP contribution is -2.08. The van der Waals surface area contributed by atoms with Crippen molar-refractivity contribution >= 4 is 33.4 Å². The number of methoxy groups -OCH3 is 1. The van der Waals surface area contributed by atoms with Crippen LogP contribution in [0.25, 0.3) is 0 Å². The van der Waals surface area contributed by atoms with Crippen LogP contribution in [-0.2, 0) is 9.53 Å². The molecule has 0 radical (unpaired) electrons. The smallest absolute Gasteiger partial charge is 0.339 e. The summed E-state index contributed by atoms with van der Waals surface area (Å²) in [5.74, 6) is -0.553. The van der Waals surface area contributed by atoms with Crippen LogP contribution in [0.15, 0.2) is 18.2 Å². The molecule has 1 aromatic rings. The maximum Gasteiger partial charge on any atom is 0.339 e. The lowest BCUT2D eigenvalue weighted by atomic mass is 10.0. The molecule has 0 saturated heterocycles. The largest absolute Gasteiger partial charge is 0.465 e. The van der Waals surface area contributed by atoms with Crippen LogP contribution in [0, 0.1) is 0 Å². The van der Waals surface area contributed by atoms with E-state index in [-0.39, 0.29) is 11.3 Å². The summed E-state index contributed by atoms with van der Waals surface area (Å²) in [5, 5.41) is 0. The molecule has 0 aliphatic rings. The number of hydrogen-bond donors (Lipinski definition) is 1. The number of nitrogen functional groups attached to an aromatic ring is 1. The molecular weight excluding hydrogens is 274 g/mol. The topological polar surface area (TPSA) is 69.4 Å². The molecule has 0 aromatic heterocycles. The number of esters is 1. The molecular formula is C11H12BrNO3. The number of alkyl halides is 1. The third kappa shape index (κ3) is 2.61. The van der Waals surface area contributed by atoms with Crippen LogP contribution in [-0.4, -0.2) is 18.9 Å². The van der Waals surface area contributed by atoms with Crippen molar-refractivity contribution in [3.8, 4) is 0 Å². The molecule has 0 fully saturated rings. The Morgan fingerprint density at radius 1 is 1.44 bits per heavy atom. The van der Waals surface area contributed by atoms with Gasteiger partial charge in [0.25, 0.3) is 0 Å². The zero-order valence-corrected chi connectivity index (χ0v) is 10.6. The van der Waals surface area contributed by atoms with Crippen molar-refractivity contribution in [1.29, 1.82) is 0 Å². The predicted octanol–water partition coefficient (Wildman–Crippen LogP) is 2.08. The van der Waals surface area contributed by atoms with Gasteiger partial charge in [-0.2, -0.15) is 0 Å². The molecule has 0 aliphatic carbocycles. The van der Waals surface area contributed by atoms with Crippen LogP contribution in [0.2, 0.25) is 0 Å². The van der Waals surface area contributed by atoms with Gasteiger partial charge in [0.1, 0.15) is 5.78 Å². The molecule has 2 N–H and O–H groups in total. The van der Waals surface area contributed by atoms with E-state index in [0.29, 0.717) is 11.3 Å². The Balaban J connectivity index is 3.17. The Kier molecular flexibility index (Phi) is 4.06. The van der Waals surface area contributed by atoms with Gasteiger partial charge in [-0.15, -0.1) is 0 Å². The first-order valence-corrected chi connectivity index (χ1v) is 5.51. The third-order valence-electron chi connectivity index (χ3n) is 2.13. The number of hydrogen-bond acceptors (Lipinski definition) is 4. The van der Waals surface area contributed by atoms with E-state index in [9.17, 15) is 9.59 Å². The van der Waals surface area contributed by atoms with Crippen molar-refractivity contribution in [2.45, 2.75) is 11.8 Å². The van der Waals surface area contributed by atoms with Gasteiger partial charge < -0.3 is 10.5 Å². The number of ketones is 1. The fraction of sp³-hybridized carbons (Fsp3) is 0.273. The van der Waals surface area contributed by atoms with Gasteiger partial charge in [0.05, 0.1) is 17.5 Å². The lowest BCUT2D eigenvalue weighted by molar-refractivity contribution is -0.116. The minimum absolute atomic E-state index is 0.0411. The summed E-state index contributed by atoms with van der Waals surface area (Å²) in [6.45, 7) is 1.47. The zero-order valence-electron chi connectivity index (χ0n) is 8.99. The molecule has 0 spiro atoms. The zero-order chi connectivity index (χ0) is 12.3. The summed E-state index contributed by atoms with van der Waals surface area (Å²) >= 11 is 3.24. The SMILES string of the molecule is COC(=O)c1cc(C(Br)C(C)=O)ccc1N. The van der Waals surface area contributed by atoms with Crippen molar-refractivity contribution < 1.29 is 14.3 Å². The van der Waals surface area contributed by atoms with E-state index in [1.54, 1.807) is 18.2 Å². The summed E-state index contributed by atoms with van der Waals surface area (Å²) in [5.41, 5.74) is 6.93. The maximum absolute atomic E-state index is 11.4. The van der Waals surface area contributed by atoms with Crippen LogP contribution >= 0.6 is 15.9 Å². The predicted molar refractivity (Wildman–Crippen MR) is 64.5 cm³/mol. The van der Waals surface area contributed by atoms with E-state index in [1.807, 2.05) is 0 Å². The maximum atomic E-state index is 11.4. The molecule has 1 atom stereocenters. The lowest BCUT2D eigenvalue weighted by Gasteiger charge is -2.09. The molecule has 86 valence electrons. The Morgan fingerprint density at radius 2 is 2.06 bits per heavy atom. The monoisotopic (exact) mass is 285 g/mol. The number of carbonyl (C=O) groups is 2. The van der Waals surface area contributed by atoms with Crippen LogP contribution in [0.3, 0.4) is 0 Å². The number of rotatable bonds is 3. The van der Waals surface area contributed by atoms with Gasteiger partial charge >= 0.3 is 5.97 Å². The molecule has 1 rings (SSSR count). The first-order chi connectivity index (χ1) is 7.47. The Morgan fingerprint density at radius 3 is 2.56 bits per heavy atom. The quantitative estimate of drug-likeness (QED) is 0.524. The van der Waals surface area contributed by atoms with Crippen LogP contribution in [0.5, 0.6) is 0 Å². The second-order valence-corrected chi connectivity index (χ2v) is 4.23. The van der Waals surface area contributed by atoms with Crippen molar-refractivity contribution in [3.63, 3.8) is 0 Å². The Labute approximate surface area is 102 Å². The fourth-order valence-corrected chi connectivity index (χ4v) is 1.54. The van der Waals surface area contributed by atoms with Gasteiger partial charge in [-0.3, -0.25) is 4.79 Å². The van der Waals surface area contributed by atoms with Gasteiger partial charge in [0.2, 0.25) is 0 Å². The average Bonchev–Trinajstić information content (AvgIpc) is 2.27. The number of carbonyl (C=O) groups excluding carboxylic acids is 2. The standard InChI is InChI=1S/C11H12BrNO3/c1-6(14)10(12)7-3-4-9(13)8(5-7)11(15)16-2/h3-5,10H,13H2,1-2H3. The van der Waals surface area contributed by atoms with Gasteiger partial charge in [0, 0.05) is 5.69 Å². The Bertz CT molecular complexity index is 431. The van der Waals surface area contributed by atoms with Gasteiger partial charge in [-0.25, -0.2) is 4.79 Å². The molecule has 16 heavy (non-hydrogen) atoms. The van der Waals surface area contributed by atoms with Gasteiger partial charge in [-0.1, -0.05) is 22.0 Å². The molecule has 0 saturated carbocycles. The van der Waals surface area contributed by atoms with Crippen LogP contribution in [0.1, 0.15) is 27.7 Å². The van der Waals surface area contributed by atoms with E-state index in [1.165, 1.54) is 14.0 Å². The number of ether oxygens (including phenoxy) is 1. The fourth-order valence-electron chi connectivity index (χ4n) is 1.25. The number of anilines is 1. The van der Waals surface area contributed by atoms with E-state index in [0.717, 1.165) is 0 Å². The normalized spacial score (nSPS) is 11.9. The third-order valence-corrected chi connectivity index (χ3v) is 3.31. The van der Waals surface area contributed by atoms with E-state index >= 15 is 0 Å². The Hall–Kier alpha value is -1.36. The summed E-state index contributed by atoms with van der Waals surface area (Å²) in [6.07, 6.45) is 0. The summed E-state index contributed by atoms with van der Waals surface area (Å²) in [4.78, 5) is 22.1. The highest BCUT2D eigenvalue weighted by atomic mass is 79.9. The minimum atomic E-state index is -0.511. The first kappa shape index (κ1) is 12.7. The molecule has 0 amide bonds. The van der Waals surface area contributed by atoms with Crippen molar-refractivity contribution in [3.05, 3.63) is 29.3 Å². The van der Waals surface area contributed by atoms with Crippen molar-refractivity contribution in [2.24, 2.45) is 0 Å². The van der Waals surface area contributed by atoms with E-state index < -0.39 is 10.8 Å². The average molecular weight is 286 g/mol. The molecule has 0 bridgehead atoms. The molecule has 1 aromatic carbocycles.